The molecule has 5 heteroatoms. The molecule has 1 saturated heterocycles. The van der Waals surface area contributed by atoms with Crippen molar-refractivity contribution in [3.05, 3.63) is 24.3 Å². The number of nitrogens with zero attached hydrogens (tertiary/aromatic N) is 1. The van der Waals surface area contributed by atoms with Crippen LogP contribution in [0.5, 0.6) is 5.75 Å². The molecule has 1 heterocycles. The van der Waals surface area contributed by atoms with Crippen molar-refractivity contribution in [2.45, 2.75) is 31.7 Å². The number of carbonyl (C=O) groups excluding carboxylic acids is 1. The van der Waals surface area contributed by atoms with Gasteiger partial charge in [0.15, 0.2) is 6.61 Å². The van der Waals surface area contributed by atoms with E-state index in [0.29, 0.717) is 24.1 Å². The van der Waals surface area contributed by atoms with Gasteiger partial charge in [0.1, 0.15) is 5.75 Å². The van der Waals surface area contributed by atoms with Gasteiger partial charge in [-0.3, -0.25) is 0 Å². The topological polar surface area (TPSA) is 64.8 Å². The second-order valence-electron chi connectivity index (χ2n) is 5.50. The SMILES string of the molecule is CN1CCCCC1CCOC(=O)COc1ccc(N)cc1. The van der Waals surface area contributed by atoms with Crippen LogP contribution in [0.4, 0.5) is 5.69 Å². The minimum Gasteiger partial charge on any atom is -0.482 e. The predicted octanol–water partition coefficient (Wildman–Crippen LogP) is 2.07. The maximum absolute atomic E-state index is 11.6. The third-order valence-corrected chi connectivity index (χ3v) is 3.87. The normalized spacial score (nSPS) is 19.2. The molecule has 21 heavy (non-hydrogen) atoms. The maximum Gasteiger partial charge on any atom is 0.344 e. The average molecular weight is 292 g/mol. The molecule has 0 aliphatic carbocycles. The second kappa shape index (κ2) is 7.88. The third kappa shape index (κ3) is 5.27. The van der Waals surface area contributed by atoms with Crippen LogP contribution in [0.2, 0.25) is 0 Å². The van der Waals surface area contributed by atoms with E-state index in [2.05, 4.69) is 11.9 Å². The lowest BCUT2D eigenvalue weighted by atomic mass is 10.0. The number of rotatable bonds is 6. The molecule has 1 aromatic rings. The monoisotopic (exact) mass is 292 g/mol. The molecule has 0 aromatic heterocycles. The summed E-state index contributed by atoms with van der Waals surface area (Å²) < 4.78 is 10.6. The van der Waals surface area contributed by atoms with Crippen LogP contribution in [-0.2, 0) is 9.53 Å². The van der Waals surface area contributed by atoms with Crippen molar-refractivity contribution < 1.29 is 14.3 Å². The van der Waals surface area contributed by atoms with E-state index in [9.17, 15) is 4.79 Å². The summed E-state index contributed by atoms with van der Waals surface area (Å²) in [6, 6.07) is 7.47. The number of nitrogen functional groups attached to an aromatic ring is 1. The number of benzene rings is 1. The highest BCUT2D eigenvalue weighted by atomic mass is 16.6. The molecular weight excluding hydrogens is 268 g/mol. The van der Waals surface area contributed by atoms with Crippen LogP contribution in [-0.4, -0.2) is 43.7 Å². The fourth-order valence-electron chi connectivity index (χ4n) is 2.57. The highest BCUT2D eigenvalue weighted by molar-refractivity contribution is 5.71. The quantitative estimate of drug-likeness (QED) is 0.642. The number of ether oxygens (including phenoxy) is 2. The van der Waals surface area contributed by atoms with Crippen molar-refractivity contribution in [3.8, 4) is 5.75 Å². The summed E-state index contributed by atoms with van der Waals surface area (Å²) in [5, 5.41) is 0. The number of likely N-dealkylation sites (tertiary alicyclic amines) is 1. The van der Waals surface area contributed by atoms with E-state index in [1.165, 1.54) is 19.3 Å². The van der Waals surface area contributed by atoms with E-state index in [-0.39, 0.29) is 12.6 Å². The van der Waals surface area contributed by atoms with Crippen LogP contribution in [0.1, 0.15) is 25.7 Å². The van der Waals surface area contributed by atoms with Crippen LogP contribution in [0.15, 0.2) is 24.3 Å². The molecule has 1 atom stereocenters. The van der Waals surface area contributed by atoms with Gasteiger partial charge in [-0.25, -0.2) is 4.79 Å². The molecule has 0 spiro atoms. The Bertz CT molecular complexity index is 447. The molecule has 116 valence electrons. The lowest BCUT2D eigenvalue weighted by Crippen LogP contribution is -2.37. The summed E-state index contributed by atoms with van der Waals surface area (Å²) >= 11 is 0. The van der Waals surface area contributed by atoms with Gasteiger partial charge in [0, 0.05) is 11.7 Å². The Morgan fingerprint density at radius 3 is 2.81 bits per heavy atom. The Labute approximate surface area is 126 Å². The summed E-state index contributed by atoms with van der Waals surface area (Å²) in [7, 11) is 2.13. The molecule has 2 N–H and O–H groups in total. The molecule has 0 saturated carbocycles. The fraction of sp³-hybridized carbons (Fsp3) is 0.562. The summed E-state index contributed by atoms with van der Waals surface area (Å²) in [5.74, 6) is 0.290. The van der Waals surface area contributed by atoms with Gasteiger partial charge in [-0.1, -0.05) is 6.42 Å². The van der Waals surface area contributed by atoms with E-state index in [1.54, 1.807) is 24.3 Å². The van der Waals surface area contributed by atoms with Gasteiger partial charge < -0.3 is 20.1 Å². The molecule has 1 aliphatic heterocycles. The molecule has 1 aromatic carbocycles. The van der Waals surface area contributed by atoms with E-state index < -0.39 is 0 Å². The summed E-state index contributed by atoms with van der Waals surface area (Å²) in [4.78, 5) is 14.0. The van der Waals surface area contributed by atoms with Gasteiger partial charge in [0.2, 0.25) is 0 Å². The van der Waals surface area contributed by atoms with Crippen LogP contribution >= 0.6 is 0 Å². The van der Waals surface area contributed by atoms with Gasteiger partial charge in [-0.05, 0) is 57.1 Å². The number of nitrogens with two attached hydrogens (primary N) is 1. The molecule has 1 aliphatic rings. The standard InChI is InChI=1S/C16H24N2O3/c1-18-10-3-2-4-14(18)9-11-20-16(19)12-21-15-7-5-13(17)6-8-15/h5-8,14H,2-4,9-12,17H2,1H3. The molecule has 1 unspecified atom stereocenters. The first kappa shape index (κ1) is 15.6. The summed E-state index contributed by atoms with van der Waals surface area (Å²) in [6.45, 7) is 1.53. The fourth-order valence-corrected chi connectivity index (χ4v) is 2.57. The van der Waals surface area contributed by atoms with Crippen molar-refractivity contribution in [3.63, 3.8) is 0 Å². The van der Waals surface area contributed by atoms with E-state index in [0.717, 1.165) is 13.0 Å². The molecule has 0 radical (unpaired) electrons. The van der Waals surface area contributed by atoms with Crippen molar-refractivity contribution in [1.29, 1.82) is 0 Å². The van der Waals surface area contributed by atoms with Crippen LogP contribution in [0, 0.1) is 0 Å². The smallest absolute Gasteiger partial charge is 0.344 e. The Morgan fingerprint density at radius 1 is 1.33 bits per heavy atom. The largest absolute Gasteiger partial charge is 0.482 e. The van der Waals surface area contributed by atoms with Crippen molar-refractivity contribution in [2.75, 3.05) is 32.5 Å². The number of anilines is 1. The Kier molecular flexibility index (Phi) is 5.87. The van der Waals surface area contributed by atoms with Gasteiger partial charge in [0.05, 0.1) is 6.61 Å². The molecule has 2 rings (SSSR count). The highest BCUT2D eigenvalue weighted by Crippen LogP contribution is 2.17. The van der Waals surface area contributed by atoms with Crippen LogP contribution in [0.25, 0.3) is 0 Å². The van der Waals surface area contributed by atoms with E-state index in [4.69, 9.17) is 15.2 Å². The number of hydrogen-bond acceptors (Lipinski definition) is 5. The van der Waals surface area contributed by atoms with Gasteiger partial charge in [0.25, 0.3) is 0 Å². The Morgan fingerprint density at radius 2 is 2.10 bits per heavy atom. The predicted molar refractivity (Wildman–Crippen MR) is 82.2 cm³/mol. The zero-order valence-electron chi connectivity index (χ0n) is 12.6. The zero-order valence-corrected chi connectivity index (χ0v) is 12.6. The van der Waals surface area contributed by atoms with Crippen molar-refractivity contribution >= 4 is 11.7 Å². The second-order valence-corrected chi connectivity index (χ2v) is 5.50. The Hall–Kier alpha value is -1.75. The van der Waals surface area contributed by atoms with Gasteiger partial charge in [-0.2, -0.15) is 0 Å². The van der Waals surface area contributed by atoms with E-state index >= 15 is 0 Å². The molecule has 0 bridgehead atoms. The number of hydrogen-bond donors (Lipinski definition) is 1. The number of piperidine rings is 1. The third-order valence-electron chi connectivity index (χ3n) is 3.87. The van der Waals surface area contributed by atoms with Crippen molar-refractivity contribution in [1.82, 2.24) is 4.90 Å². The molecule has 5 nitrogen and oxygen atoms in total. The maximum atomic E-state index is 11.6. The first-order chi connectivity index (χ1) is 10.1. The zero-order chi connectivity index (χ0) is 15.1. The summed E-state index contributed by atoms with van der Waals surface area (Å²) in [6.07, 6.45) is 4.62. The van der Waals surface area contributed by atoms with Crippen molar-refractivity contribution in [2.24, 2.45) is 0 Å². The number of carbonyl (C=O) groups is 1. The van der Waals surface area contributed by atoms with Gasteiger partial charge in [-0.15, -0.1) is 0 Å². The Balaban J connectivity index is 1.62. The first-order valence-electron chi connectivity index (χ1n) is 7.49. The lowest BCUT2D eigenvalue weighted by molar-refractivity contribution is -0.146. The average Bonchev–Trinajstić information content (AvgIpc) is 2.49. The summed E-state index contributed by atoms with van der Waals surface area (Å²) in [5.41, 5.74) is 6.25. The van der Waals surface area contributed by atoms with Crippen LogP contribution < -0.4 is 10.5 Å². The first-order valence-corrected chi connectivity index (χ1v) is 7.49. The molecular formula is C16H24N2O3. The minimum absolute atomic E-state index is 0.0651. The van der Waals surface area contributed by atoms with Crippen LogP contribution in [0.3, 0.4) is 0 Å². The number of esters is 1. The van der Waals surface area contributed by atoms with E-state index in [1.807, 2.05) is 0 Å². The highest BCUT2D eigenvalue weighted by Gasteiger charge is 2.18. The molecule has 0 amide bonds. The lowest BCUT2D eigenvalue weighted by Gasteiger charge is -2.32. The molecule has 1 fully saturated rings. The van der Waals surface area contributed by atoms with Gasteiger partial charge >= 0.3 is 5.97 Å². The minimum atomic E-state index is -0.328.